The first-order chi connectivity index (χ1) is 7.70. The Morgan fingerprint density at radius 3 is 2.31 bits per heavy atom. The largest absolute Gasteiger partial charge is 0.508 e. The minimum absolute atomic E-state index is 0.0269. The van der Waals surface area contributed by atoms with Crippen LogP contribution in [0.4, 0.5) is 9.59 Å². The first-order valence-electron chi connectivity index (χ1n) is 4.56. The Hall–Kier alpha value is -1.98. The van der Waals surface area contributed by atoms with E-state index in [9.17, 15) is 9.59 Å². The number of carbonyl (C=O) groups is 2. The van der Waals surface area contributed by atoms with Crippen molar-refractivity contribution in [2.75, 3.05) is 26.4 Å². The van der Waals surface area contributed by atoms with Gasteiger partial charge in [0.15, 0.2) is 0 Å². The fourth-order valence-electron chi connectivity index (χ4n) is 0.610. The minimum Gasteiger partial charge on any atom is -0.444 e. The Morgan fingerprint density at radius 1 is 1.06 bits per heavy atom. The molecular formula is C10H14NO5. The van der Waals surface area contributed by atoms with Gasteiger partial charge in [0.1, 0.15) is 19.8 Å². The summed E-state index contributed by atoms with van der Waals surface area (Å²) >= 11 is 0. The second kappa shape index (κ2) is 9.57. The number of amides is 1. The molecule has 6 nitrogen and oxygen atoms in total. The Kier molecular flexibility index (Phi) is 8.39. The van der Waals surface area contributed by atoms with E-state index >= 15 is 0 Å². The van der Waals surface area contributed by atoms with Crippen molar-refractivity contribution in [3.8, 4) is 0 Å². The zero-order valence-corrected chi connectivity index (χ0v) is 8.89. The minimum atomic E-state index is -0.824. The molecule has 0 aliphatic rings. The molecule has 0 saturated carbocycles. The second-order valence-corrected chi connectivity index (χ2v) is 2.45. The van der Waals surface area contributed by atoms with Crippen LogP contribution in [0, 0.1) is 0 Å². The van der Waals surface area contributed by atoms with E-state index in [-0.39, 0.29) is 26.4 Å². The molecule has 0 aromatic heterocycles. The van der Waals surface area contributed by atoms with E-state index in [0.717, 1.165) is 0 Å². The SMILES string of the molecule is C=CCOC(=O)[N]CCOC(=O)OCC=C. The summed E-state index contributed by atoms with van der Waals surface area (Å²) in [5.41, 5.74) is 0. The highest BCUT2D eigenvalue weighted by Gasteiger charge is 2.05. The molecule has 0 aromatic carbocycles. The van der Waals surface area contributed by atoms with Crippen molar-refractivity contribution in [3.05, 3.63) is 25.3 Å². The number of carbonyl (C=O) groups excluding carboxylic acids is 2. The molecule has 0 aromatic rings. The maximum absolute atomic E-state index is 10.8. The van der Waals surface area contributed by atoms with Crippen LogP contribution in [0.5, 0.6) is 0 Å². The summed E-state index contributed by atoms with van der Waals surface area (Å²) in [6.07, 6.45) is 1.30. The van der Waals surface area contributed by atoms with Crippen LogP contribution in [0.1, 0.15) is 0 Å². The Bertz CT molecular complexity index is 226. The van der Waals surface area contributed by atoms with Crippen molar-refractivity contribution >= 4 is 12.2 Å². The van der Waals surface area contributed by atoms with Crippen molar-refractivity contribution in [1.82, 2.24) is 5.32 Å². The average Bonchev–Trinajstić information content (AvgIpc) is 2.29. The average molecular weight is 228 g/mol. The summed E-state index contributed by atoms with van der Waals surface area (Å²) in [4.78, 5) is 21.6. The van der Waals surface area contributed by atoms with E-state index in [1.807, 2.05) is 0 Å². The Balaban J connectivity index is 3.37. The summed E-state index contributed by atoms with van der Waals surface area (Å²) in [6.45, 7) is 6.90. The molecule has 0 N–H and O–H groups in total. The van der Waals surface area contributed by atoms with Gasteiger partial charge in [-0.2, -0.15) is 0 Å². The lowest BCUT2D eigenvalue weighted by Gasteiger charge is -2.04. The van der Waals surface area contributed by atoms with E-state index < -0.39 is 12.2 Å². The number of hydrogen-bond acceptors (Lipinski definition) is 5. The molecule has 1 radical (unpaired) electrons. The highest BCUT2D eigenvalue weighted by molar-refractivity contribution is 5.66. The number of hydrogen-bond donors (Lipinski definition) is 0. The third kappa shape index (κ3) is 8.61. The second-order valence-electron chi connectivity index (χ2n) is 2.45. The molecule has 0 fully saturated rings. The van der Waals surface area contributed by atoms with Gasteiger partial charge in [-0.15, -0.1) is 0 Å². The monoisotopic (exact) mass is 228 g/mol. The number of nitrogens with zero attached hydrogens (tertiary/aromatic N) is 1. The lowest BCUT2D eigenvalue weighted by Crippen LogP contribution is -2.22. The predicted molar refractivity (Wildman–Crippen MR) is 56.0 cm³/mol. The van der Waals surface area contributed by atoms with Gasteiger partial charge in [0, 0.05) is 0 Å². The molecule has 0 rings (SSSR count). The normalized spacial score (nSPS) is 8.75. The van der Waals surface area contributed by atoms with Gasteiger partial charge >= 0.3 is 12.2 Å². The summed E-state index contributed by atoms with van der Waals surface area (Å²) in [6, 6.07) is 0. The molecule has 0 spiro atoms. The molecule has 0 aliphatic heterocycles. The van der Waals surface area contributed by atoms with Gasteiger partial charge in [0.2, 0.25) is 0 Å². The Morgan fingerprint density at radius 2 is 1.69 bits per heavy atom. The van der Waals surface area contributed by atoms with Crippen molar-refractivity contribution in [3.63, 3.8) is 0 Å². The maximum Gasteiger partial charge on any atom is 0.508 e. The first kappa shape index (κ1) is 14.0. The van der Waals surface area contributed by atoms with Crippen LogP contribution in [-0.4, -0.2) is 38.6 Å². The van der Waals surface area contributed by atoms with E-state index in [4.69, 9.17) is 0 Å². The van der Waals surface area contributed by atoms with Gasteiger partial charge in [-0.3, -0.25) is 0 Å². The van der Waals surface area contributed by atoms with E-state index in [0.29, 0.717) is 0 Å². The molecule has 0 heterocycles. The molecule has 16 heavy (non-hydrogen) atoms. The van der Waals surface area contributed by atoms with Crippen LogP contribution in [0.2, 0.25) is 0 Å². The smallest absolute Gasteiger partial charge is 0.444 e. The third-order valence-electron chi connectivity index (χ3n) is 1.20. The van der Waals surface area contributed by atoms with Crippen molar-refractivity contribution in [2.45, 2.75) is 0 Å². The van der Waals surface area contributed by atoms with E-state index in [2.05, 4.69) is 32.7 Å². The first-order valence-corrected chi connectivity index (χ1v) is 4.56. The van der Waals surface area contributed by atoms with E-state index in [1.54, 1.807) is 0 Å². The molecule has 0 bridgehead atoms. The highest BCUT2D eigenvalue weighted by Crippen LogP contribution is 1.86. The van der Waals surface area contributed by atoms with Gasteiger partial charge < -0.3 is 14.2 Å². The lowest BCUT2D eigenvalue weighted by molar-refractivity contribution is 0.0631. The van der Waals surface area contributed by atoms with Crippen LogP contribution < -0.4 is 5.32 Å². The molecule has 6 heteroatoms. The molecule has 0 unspecified atom stereocenters. The highest BCUT2D eigenvalue weighted by atomic mass is 16.7. The van der Waals surface area contributed by atoms with Crippen LogP contribution in [0.3, 0.4) is 0 Å². The van der Waals surface area contributed by atoms with Crippen LogP contribution in [-0.2, 0) is 14.2 Å². The summed E-state index contributed by atoms with van der Waals surface area (Å²) in [5, 5.41) is 3.45. The van der Waals surface area contributed by atoms with Crippen LogP contribution in [0.15, 0.2) is 25.3 Å². The molecular weight excluding hydrogens is 214 g/mol. The molecule has 0 saturated heterocycles. The predicted octanol–water partition coefficient (Wildman–Crippen LogP) is 1.25. The van der Waals surface area contributed by atoms with Crippen LogP contribution in [0.25, 0.3) is 0 Å². The summed E-state index contributed by atoms with van der Waals surface area (Å²) in [5.74, 6) is 0. The van der Waals surface area contributed by atoms with Crippen molar-refractivity contribution < 1.29 is 23.8 Å². The zero-order chi connectivity index (χ0) is 12.2. The number of ether oxygens (including phenoxy) is 3. The third-order valence-corrected chi connectivity index (χ3v) is 1.20. The van der Waals surface area contributed by atoms with Gasteiger partial charge in [0.25, 0.3) is 0 Å². The quantitative estimate of drug-likeness (QED) is 0.372. The van der Waals surface area contributed by atoms with Gasteiger partial charge in [0.05, 0.1) is 6.54 Å². The molecule has 0 atom stereocenters. The van der Waals surface area contributed by atoms with Gasteiger partial charge in [-0.1, -0.05) is 25.3 Å². The topological polar surface area (TPSA) is 75.9 Å². The van der Waals surface area contributed by atoms with E-state index in [1.165, 1.54) is 12.2 Å². The van der Waals surface area contributed by atoms with Crippen LogP contribution >= 0.6 is 0 Å². The van der Waals surface area contributed by atoms with Crippen molar-refractivity contribution in [1.29, 1.82) is 0 Å². The standard InChI is InChI=1S/C10H14NO5/c1-3-6-14-9(12)11-5-8-16-10(13)15-7-4-2/h3-4H,1-2,5-8H2. The number of rotatable bonds is 7. The van der Waals surface area contributed by atoms with Gasteiger partial charge in [-0.25, -0.2) is 14.9 Å². The molecule has 1 amide bonds. The summed E-state index contributed by atoms with van der Waals surface area (Å²) < 4.78 is 13.6. The van der Waals surface area contributed by atoms with Crippen molar-refractivity contribution in [2.24, 2.45) is 0 Å². The maximum atomic E-state index is 10.8. The van der Waals surface area contributed by atoms with Gasteiger partial charge in [-0.05, 0) is 0 Å². The fraction of sp³-hybridized carbons (Fsp3) is 0.400. The molecule has 0 aliphatic carbocycles. The lowest BCUT2D eigenvalue weighted by atomic mass is 10.7. The zero-order valence-electron chi connectivity index (χ0n) is 8.89. The summed E-state index contributed by atoms with van der Waals surface area (Å²) in [7, 11) is 0. The Labute approximate surface area is 93.9 Å². The molecule has 89 valence electrons. The fourth-order valence-corrected chi connectivity index (χ4v) is 0.610.